The lowest BCUT2D eigenvalue weighted by molar-refractivity contribution is 0.120. The van der Waals surface area contributed by atoms with Gasteiger partial charge in [0.15, 0.2) is 0 Å². The molecule has 2 aliphatic heterocycles. The van der Waals surface area contributed by atoms with Crippen LogP contribution in [0.15, 0.2) is 0 Å². The lowest BCUT2D eigenvalue weighted by Crippen LogP contribution is -2.33. The smallest absolute Gasteiger partial charge is 0.0551 e. The second-order valence-corrected chi connectivity index (χ2v) is 5.71. The number of nitrogens with one attached hydrogen (secondary N) is 1. The highest BCUT2D eigenvalue weighted by Gasteiger charge is 2.21. The molecule has 2 atom stereocenters. The maximum absolute atomic E-state index is 5.57. The molecule has 2 rings (SSSR count). The minimum atomic E-state index is 0.482. The zero-order chi connectivity index (χ0) is 11.9. The average Bonchev–Trinajstić information content (AvgIpc) is 2.76. The molecule has 100 valence electrons. The van der Waals surface area contributed by atoms with Crippen LogP contribution in [0.25, 0.3) is 0 Å². The van der Waals surface area contributed by atoms with Gasteiger partial charge in [-0.3, -0.25) is 0 Å². The Hall–Kier alpha value is -0.120. The van der Waals surface area contributed by atoms with Gasteiger partial charge in [-0.15, -0.1) is 0 Å². The van der Waals surface area contributed by atoms with Crippen molar-refractivity contribution in [3.8, 4) is 0 Å². The van der Waals surface area contributed by atoms with E-state index < -0.39 is 0 Å². The van der Waals surface area contributed by atoms with Crippen LogP contribution < -0.4 is 5.32 Å². The topological polar surface area (TPSA) is 24.5 Å². The standard InChI is InChI=1S/C14H28N2O/c1-13-10-14(12-17-13)11-15-6-5-9-16-7-3-2-4-8-16/h13-15H,2-12H2,1H3. The van der Waals surface area contributed by atoms with Crippen molar-refractivity contribution in [2.24, 2.45) is 5.92 Å². The van der Waals surface area contributed by atoms with Gasteiger partial charge in [0.25, 0.3) is 0 Å². The van der Waals surface area contributed by atoms with Crippen molar-refractivity contribution >= 4 is 0 Å². The molecule has 0 aromatic heterocycles. The van der Waals surface area contributed by atoms with E-state index in [4.69, 9.17) is 4.74 Å². The molecule has 3 nitrogen and oxygen atoms in total. The van der Waals surface area contributed by atoms with Crippen LogP contribution in [0.4, 0.5) is 0 Å². The lowest BCUT2D eigenvalue weighted by atomic mass is 10.1. The molecule has 0 saturated carbocycles. The van der Waals surface area contributed by atoms with Crippen LogP contribution in [-0.2, 0) is 4.74 Å². The van der Waals surface area contributed by atoms with Crippen molar-refractivity contribution < 1.29 is 4.74 Å². The second kappa shape index (κ2) is 7.34. The van der Waals surface area contributed by atoms with Crippen molar-refractivity contribution in [3.63, 3.8) is 0 Å². The van der Waals surface area contributed by atoms with Gasteiger partial charge in [0, 0.05) is 6.54 Å². The number of likely N-dealkylation sites (tertiary alicyclic amines) is 1. The van der Waals surface area contributed by atoms with Crippen molar-refractivity contribution in [2.75, 3.05) is 39.3 Å². The molecule has 2 heterocycles. The summed E-state index contributed by atoms with van der Waals surface area (Å²) in [5.41, 5.74) is 0. The van der Waals surface area contributed by atoms with E-state index in [0.717, 1.165) is 19.1 Å². The van der Waals surface area contributed by atoms with Crippen LogP contribution >= 0.6 is 0 Å². The molecule has 2 aliphatic rings. The first-order chi connectivity index (χ1) is 8.34. The largest absolute Gasteiger partial charge is 0.378 e. The molecular weight excluding hydrogens is 212 g/mol. The summed E-state index contributed by atoms with van der Waals surface area (Å²) < 4.78 is 5.57. The Morgan fingerprint density at radius 2 is 2.06 bits per heavy atom. The highest BCUT2D eigenvalue weighted by atomic mass is 16.5. The SMILES string of the molecule is CC1CC(CNCCCN2CCCCC2)CO1. The van der Waals surface area contributed by atoms with Crippen LogP contribution in [0.1, 0.15) is 39.0 Å². The minimum Gasteiger partial charge on any atom is -0.378 e. The van der Waals surface area contributed by atoms with Gasteiger partial charge >= 0.3 is 0 Å². The van der Waals surface area contributed by atoms with Gasteiger partial charge in [-0.25, -0.2) is 0 Å². The highest BCUT2D eigenvalue weighted by Crippen LogP contribution is 2.17. The zero-order valence-corrected chi connectivity index (χ0v) is 11.3. The van der Waals surface area contributed by atoms with E-state index in [1.165, 1.54) is 58.3 Å². The van der Waals surface area contributed by atoms with E-state index in [2.05, 4.69) is 17.1 Å². The average molecular weight is 240 g/mol. The zero-order valence-electron chi connectivity index (χ0n) is 11.3. The second-order valence-electron chi connectivity index (χ2n) is 5.71. The maximum Gasteiger partial charge on any atom is 0.0551 e. The van der Waals surface area contributed by atoms with Gasteiger partial charge < -0.3 is 15.0 Å². The summed E-state index contributed by atoms with van der Waals surface area (Å²) in [4.78, 5) is 2.62. The maximum atomic E-state index is 5.57. The van der Waals surface area contributed by atoms with Crippen LogP contribution in [0.3, 0.4) is 0 Å². The molecule has 0 radical (unpaired) electrons. The summed E-state index contributed by atoms with van der Waals surface area (Å²) in [6.07, 6.45) is 7.27. The van der Waals surface area contributed by atoms with Gasteiger partial charge in [-0.05, 0) is 64.7 Å². The first-order valence-corrected chi connectivity index (χ1v) is 7.39. The van der Waals surface area contributed by atoms with Gasteiger partial charge in [-0.2, -0.15) is 0 Å². The number of nitrogens with zero attached hydrogens (tertiary/aromatic N) is 1. The molecule has 17 heavy (non-hydrogen) atoms. The molecule has 0 aromatic rings. The molecule has 0 amide bonds. The third kappa shape index (κ3) is 4.94. The first kappa shape index (κ1) is 13.3. The molecule has 0 aliphatic carbocycles. The van der Waals surface area contributed by atoms with Crippen molar-refractivity contribution in [1.29, 1.82) is 0 Å². The molecule has 0 aromatic carbocycles. The molecule has 3 heteroatoms. The van der Waals surface area contributed by atoms with Crippen LogP contribution in [0.5, 0.6) is 0 Å². The number of piperidine rings is 1. The Balaban J connectivity index is 1.43. The Bertz CT molecular complexity index is 198. The molecular formula is C14H28N2O. The van der Waals surface area contributed by atoms with Gasteiger partial charge in [0.1, 0.15) is 0 Å². The Morgan fingerprint density at radius 1 is 1.24 bits per heavy atom. The Labute approximate surface area is 106 Å². The summed E-state index contributed by atoms with van der Waals surface area (Å²) in [5.74, 6) is 0.750. The fraction of sp³-hybridized carbons (Fsp3) is 1.00. The molecule has 0 bridgehead atoms. The van der Waals surface area contributed by atoms with Crippen LogP contribution in [0, 0.1) is 5.92 Å². The monoisotopic (exact) mass is 240 g/mol. The number of ether oxygens (including phenoxy) is 1. The highest BCUT2D eigenvalue weighted by molar-refractivity contribution is 4.72. The normalized spacial score (nSPS) is 30.9. The summed E-state index contributed by atoms with van der Waals surface area (Å²) in [7, 11) is 0. The lowest BCUT2D eigenvalue weighted by Gasteiger charge is -2.26. The quantitative estimate of drug-likeness (QED) is 0.717. The first-order valence-electron chi connectivity index (χ1n) is 7.39. The predicted molar refractivity (Wildman–Crippen MR) is 71.3 cm³/mol. The van der Waals surface area contributed by atoms with Gasteiger partial charge in [-0.1, -0.05) is 6.42 Å². The number of hydrogen-bond donors (Lipinski definition) is 1. The fourth-order valence-corrected chi connectivity index (χ4v) is 2.96. The summed E-state index contributed by atoms with van der Waals surface area (Å²) in [6, 6.07) is 0. The van der Waals surface area contributed by atoms with Crippen LogP contribution in [-0.4, -0.2) is 50.3 Å². The van der Waals surface area contributed by atoms with E-state index in [1.807, 2.05) is 0 Å². The van der Waals surface area contributed by atoms with E-state index in [0.29, 0.717) is 6.10 Å². The summed E-state index contributed by atoms with van der Waals surface area (Å²) in [5, 5.41) is 3.58. The predicted octanol–water partition coefficient (Wildman–Crippen LogP) is 1.88. The third-order valence-corrected chi connectivity index (χ3v) is 3.99. The molecule has 2 saturated heterocycles. The van der Waals surface area contributed by atoms with Crippen LogP contribution in [0.2, 0.25) is 0 Å². The third-order valence-electron chi connectivity index (χ3n) is 3.99. The van der Waals surface area contributed by atoms with E-state index >= 15 is 0 Å². The number of hydrogen-bond acceptors (Lipinski definition) is 3. The van der Waals surface area contributed by atoms with Gasteiger partial charge in [0.05, 0.1) is 12.7 Å². The van der Waals surface area contributed by atoms with E-state index in [1.54, 1.807) is 0 Å². The molecule has 2 fully saturated rings. The summed E-state index contributed by atoms with van der Waals surface area (Å²) >= 11 is 0. The van der Waals surface area contributed by atoms with Crippen molar-refractivity contribution in [1.82, 2.24) is 10.2 Å². The summed E-state index contributed by atoms with van der Waals surface area (Å²) in [6.45, 7) is 9.38. The Kier molecular flexibility index (Phi) is 5.75. The fourth-order valence-electron chi connectivity index (χ4n) is 2.96. The minimum absolute atomic E-state index is 0.482. The van der Waals surface area contributed by atoms with Crippen molar-refractivity contribution in [2.45, 2.75) is 45.1 Å². The molecule has 0 spiro atoms. The van der Waals surface area contributed by atoms with Gasteiger partial charge in [0.2, 0.25) is 0 Å². The number of rotatable bonds is 6. The van der Waals surface area contributed by atoms with Crippen molar-refractivity contribution in [3.05, 3.63) is 0 Å². The molecule has 1 N–H and O–H groups in total. The van der Waals surface area contributed by atoms with E-state index in [9.17, 15) is 0 Å². The molecule has 2 unspecified atom stereocenters. The van der Waals surface area contributed by atoms with E-state index in [-0.39, 0.29) is 0 Å². The Morgan fingerprint density at radius 3 is 2.76 bits per heavy atom.